The SMILES string of the molecule is CC#CCOOOO.COc1cc(-c2cc(C3CC4CCC3N4)cnc2F)ccn1.COc1cc(-c2cc(C3CC4CCC3N4)cnc2F)ccn1.COc1cc(B2OC(C)(C)C(C)(C)O2)ccn1.Fc1ncc(C2CC3CCC2N3)cc1Br. The van der Waals surface area contributed by atoms with Crippen LogP contribution in [0.15, 0.2) is 96.3 Å². The minimum atomic E-state index is -0.451. The predicted octanol–water partition coefficient (Wildman–Crippen LogP) is 10.1. The fourth-order valence-electron chi connectivity index (χ4n) is 12.1. The van der Waals surface area contributed by atoms with E-state index in [0.717, 1.165) is 46.1 Å². The van der Waals surface area contributed by atoms with Gasteiger partial charge in [0.2, 0.25) is 35.5 Å². The monoisotopic (exact) mass is 1220 g/mol. The number of ether oxygens (including phenoxy) is 3. The molecule has 84 heavy (non-hydrogen) atoms. The highest BCUT2D eigenvalue weighted by Crippen LogP contribution is 2.44. The zero-order valence-electron chi connectivity index (χ0n) is 48.4. The molecule has 7 aliphatic rings. The van der Waals surface area contributed by atoms with Crippen LogP contribution < -0.4 is 35.6 Å². The third-order valence-electron chi connectivity index (χ3n) is 17.1. The highest BCUT2D eigenvalue weighted by molar-refractivity contribution is 9.10. The minimum absolute atomic E-state index is 0.0804. The third kappa shape index (κ3) is 15.1. The van der Waals surface area contributed by atoms with Crippen molar-refractivity contribution in [3.8, 4) is 51.7 Å². The molecule has 0 spiro atoms. The molecular weight excluding hydrogens is 1150 g/mol. The lowest BCUT2D eigenvalue weighted by Crippen LogP contribution is -2.41. The Labute approximate surface area is 497 Å². The summed E-state index contributed by atoms with van der Waals surface area (Å²) in [7, 11) is 4.34. The average molecular weight is 1220 g/mol. The summed E-state index contributed by atoms with van der Waals surface area (Å²) in [6, 6.07) is 20.0. The van der Waals surface area contributed by atoms with E-state index >= 15 is 0 Å². The molecule has 7 fully saturated rings. The molecule has 0 aliphatic carbocycles. The van der Waals surface area contributed by atoms with Crippen molar-refractivity contribution in [2.45, 2.75) is 158 Å². The second-order valence-corrected chi connectivity index (χ2v) is 23.5. The van der Waals surface area contributed by atoms with E-state index in [2.05, 4.69) is 88.6 Å². The molecule has 4 N–H and O–H groups in total. The molecule has 0 aromatic carbocycles. The standard InChI is InChI=1S/2C17H18FN3O.C12H18BNO3.C11H12BrFN2.C4H6O4/c2*1-22-16-7-10(4-5-19-16)14-6-11(9-20-17(14)18)13-8-12-2-3-15(13)21-12;1-11(2)12(3,4)17-13(16-11)9-6-7-14-10(8-9)15-5;12-9-3-6(5-14-11(9)13)8-4-7-1-2-10(8)15-7;1-2-3-4-6-8-7-5/h2*4-7,9,12-13,15,21H,2-3,8H2,1H3;6-8H,1-5H3;3,5,7-8,10,15H,1-2,4H2;5H,4H2,1H3. The molecule has 0 saturated carbocycles. The zero-order chi connectivity index (χ0) is 59.5. The van der Waals surface area contributed by atoms with Gasteiger partial charge in [-0.1, -0.05) is 5.92 Å². The van der Waals surface area contributed by atoms with Gasteiger partial charge in [-0.15, -0.1) is 5.92 Å². The third-order valence-corrected chi connectivity index (χ3v) is 17.7. The summed E-state index contributed by atoms with van der Waals surface area (Å²) in [5.74, 6) is 6.62. The number of nitrogens with zero attached hydrogens (tertiary/aromatic N) is 6. The van der Waals surface area contributed by atoms with E-state index in [0.29, 0.717) is 87.2 Å². The van der Waals surface area contributed by atoms with Gasteiger partial charge in [-0.3, -0.25) is 0 Å². The average Bonchev–Trinajstić information content (AvgIpc) is 3.73. The minimum Gasteiger partial charge on any atom is -0.481 e. The molecule has 6 aromatic heterocycles. The van der Waals surface area contributed by atoms with Crippen LogP contribution in [0.25, 0.3) is 22.3 Å². The van der Waals surface area contributed by atoms with Crippen LogP contribution in [0.2, 0.25) is 0 Å². The van der Waals surface area contributed by atoms with Crippen molar-refractivity contribution >= 4 is 28.5 Å². The van der Waals surface area contributed by atoms with Crippen molar-refractivity contribution in [2.75, 3.05) is 27.9 Å². The van der Waals surface area contributed by atoms with Crippen LogP contribution in [0, 0.1) is 29.7 Å². The van der Waals surface area contributed by atoms with Gasteiger partial charge < -0.3 is 39.5 Å². The van der Waals surface area contributed by atoms with E-state index in [1.165, 1.54) is 44.9 Å². The van der Waals surface area contributed by atoms with Crippen LogP contribution in [0.1, 0.15) is 127 Å². The van der Waals surface area contributed by atoms with E-state index in [9.17, 15) is 13.2 Å². The normalized spacial score (nSPS) is 24.9. The summed E-state index contributed by atoms with van der Waals surface area (Å²) < 4.78 is 69.1. The van der Waals surface area contributed by atoms with Crippen LogP contribution >= 0.6 is 15.9 Å². The Bertz CT molecular complexity index is 3120. The van der Waals surface area contributed by atoms with Crippen LogP contribution in [0.3, 0.4) is 0 Å². The number of pyridine rings is 6. The van der Waals surface area contributed by atoms with Crippen molar-refractivity contribution in [1.82, 2.24) is 45.9 Å². The number of methoxy groups -OCH3 is 3. The first kappa shape index (κ1) is 62.4. The molecule has 0 amide bonds. The Kier molecular flexibility index (Phi) is 21.1. The number of rotatable bonds is 12. The van der Waals surface area contributed by atoms with Gasteiger partial charge in [0, 0.05) is 121 Å². The molecule has 13 heterocycles. The van der Waals surface area contributed by atoms with E-state index in [1.807, 2.05) is 58.0 Å². The van der Waals surface area contributed by atoms with E-state index < -0.39 is 17.8 Å². The molecule has 23 heteroatoms. The van der Waals surface area contributed by atoms with Gasteiger partial charge in [0.05, 0.1) is 37.0 Å². The second kappa shape index (κ2) is 28.4. The lowest BCUT2D eigenvalue weighted by atomic mass is 9.80. The van der Waals surface area contributed by atoms with Gasteiger partial charge in [0.1, 0.15) is 6.61 Å². The molecule has 9 unspecified atom stereocenters. The van der Waals surface area contributed by atoms with Gasteiger partial charge in [-0.25, -0.2) is 35.2 Å². The lowest BCUT2D eigenvalue weighted by Gasteiger charge is -2.32. The Morgan fingerprint density at radius 2 is 1.01 bits per heavy atom. The largest absolute Gasteiger partial charge is 0.495 e. The van der Waals surface area contributed by atoms with Crippen LogP contribution in [0.5, 0.6) is 17.6 Å². The highest BCUT2D eigenvalue weighted by atomic mass is 79.9. The second-order valence-electron chi connectivity index (χ2n) is 22.6. The fourth-order valence-corrected chi connectivity index (χ4v) is 12.5. The molecule has 6 bridgehead atoms. The van der Waals surface area contributed by atoms with Gasteiger partial charge in [-0.05, 0) is 188 Å². The molecule has 13 rings (SSSR count). The summed E-state index contributed by atoms with van der Waals surface area (Å²) in [6.45, 7) is 9.87. The number of hydrogen-bond donors (Lipinski definition) is 4. The number of nitrogens with one attached hydrogen (secondary N) is 3. The summed E-state index contributed by atoms with van der Waals surface area (Å²) in [5.41, 5.74) is 6.19. The molecule has 18 nitrogen and oxygen atoms in total. The van der Waals surface area contributed by atoms with Crippen molar-refractivity contribution in [2.24, 2.45) is 0 Å². The molecule has 7 saturated heterocycles. The maximum absolute atomic E-state index is 14.2. The van der Waals surface area contributed by atoms with E-state index in [-0.39, 0.29) is 24.9 Å². The molecule has 6 aromatic rings. The summed E-state index contributed by atoms with van der Waals surface area (Å²) in [5, 5.41) is 25.0. The fraction of sp³-hybridized carbons (Fsp3) is 0.475. The van der Waals surface area contributed by atoms with Gasteiger partial charge in [0.15, 0.2) is 0 Å². The number of hydrogen-bond acceptors (Lipinski definition) is 18. The van der Waals surface area contributed by atoms with Crippen molar-refractivity contribution < 1.29 is 56.9 Å². The maximum atomic E-state index is 14.2. The van der Waals surface area contributed by atoms with Gasteiger partial charge >= 0.3 is 7.12 Å². The van der Waals surface area contributed by atoms with Crippen LogP contribution in [-0.2, 0) is 24.3 Å². The van der Waals surface area contributed by atoms with Crippen molar-refractivity contribution in [3.05, 3.63) is 131 Å². The molecule has 7 aliphatic heterocycles. The number of halogens is 4. The van der Waals surface area contributed by atoms with Gasteiger partial charge in [0.25, 0.3) is 0 Å². The van der Waals surface area contributed by atoms with Crippen molar-refractivity contribution in [1.29, 1.82) is 0 Å². The number of aromatic nitrogens is 6. The summed E-state index contributed by atoms with van der Waals surface area (Å²) in [4.78, 5) is 28.0. The van der Waals surface area contributed by atoms with Crippen molar-refractivity contribution in [3.63, 3.8) is 0 Å². The predicted molar refractivity (Wildman–Crippen MR) is 312 cm³/mol. The zero-order valence-corrected chi connectivity index (χ0v) is 50.0. The Morgan fingerprint density at radius 1 is 0.595 bits per heavy atom. The number of fused-ring (bicyclic) bond motifs is 6. The molecule has 446 valence electrons. The highest BCUT2D eigenvalue weighted by Gasteiger charge is 2.52. The van der Waals surface area contributed by atoms with Crippen LogP contribution in [-0.4, -0.2) is 118 Å². The topological polar surface area (TPSA) is 207 Å². The lowest BCUT2D eigenvalue weighted by molar-refractivity contribution is -0.620. The smallest absolute Gasteiger partial charge is 0.481 e. The maximum Gasteiger partial charge on any atom is 0.495 e. The van der Waals surface area contributed by atoms with E-state index in [1.54, 1.807) is 89.7 Å². The molecular formula is C61H72BBrF3N9O9. The van der Waals surface area contributed by atoms with Gasteiger partial charge in [-0.2, -0.15) is 18.1 Å². The first-order valence-corrected chi connectivity index (χ1v) is 29.0. The summed E-state index contributed by atoms with van der Waals surface area (Å²) in [6.07, 6.45) is 20.8. The Balaban J connectivity index is 0.000000130. The van der Waals surface area contributed by atoms with E-state index in [4.69, 9.17) is 28.8 Å². The molecule has 9 atom stereocenters. The Morgan fingerprint density at radius 3 is 1.39 bits per heavy atom. The molecule has 0 radical (unpaired) electrons. The Hall–Kier alpha value is -6.17. The summed E-state index contributed by atoms with van der Waals surface area (Å²) >= 11 is 3.19. The van der Waals surface area contributed by atoms with Crippen LogP contribution in [0.4, 0.5) is 13.2 Å². The quantitative estimate of drug-likeness (QED) is 0.0224. The first-order valence-electron chi connectivity index (χ1n) is 28.3. The first-order chi connectivity index (χ1) is 40.5.